The van der Waals surface area contributed by atoms with Gasteiger partial charge in [-0.25, -0.2) is 5.48 Å². The number of rotatable bonds is 13. The van der Waals surface area contributed by atoms with Gasteiger partial charge in [-0.15, -0.1) is 0 Å². The number of ether oxygens (including phenoxy) is 1. The SMILES string of the molecule is O=C(CN1CCC(OCCCN(Cc2cccc(C(F)(F)F)c2Cl)CC(c2ccccc2)c2ccccc2)C1)NO. The first-order valence-corrected chi connectivity index (χ1v) is 14.1. The van der Waals surface area contributed by atoms with Crippen molar-refractivity contribution in [3.05, 3.63) is 106 Å². The quantitative estimate of drug-likeness (QED) is 0.146. The number of benzene rings is 3. The number of nitrogens with one attached hydrogen (secondary N) is 1. The smallest absolute Gasteiger partial charge is 0.377 e. The highest BCUT2D eigenvalue weighted by Crippen LogP contribution is 2.37. The fourth-order valence-electron chi connectivity index (χ4n) is 5.28. The molecule has 4 rings (SSSR count). The summed E-state index contributed by atoms with van der Waals surface area (Å²) in [6, 6.07) is 24.2. The van der Waals surface area contributed by atoms with Gasteiger partial charge in [0.15, 0.2) is 0 Å². The van der Waals surface area contributed by atoms with E-state index in [-0.39, 0.29) is 30.1 Å². The summed E-state index contributed by atoms with van der Waals surface area (Å²) in [6.07, 6.45) is -3.10. The lowest BCUT2D eigenvalue weighted by Crippen LogP contribution is -2.35. The van der Waals surface area contributed by atoms with Gasteiger partial charge < -0.3 is 4.74 Å². The molecule has 2 N–H and O–H groups in total. The third-order valence-corrected chi connectivity index (χ3v) is 7.76. The fourth-order valence-corrected chi connectivity index (χ4v) is 5.58. The van der Waals surface area contributed by atoms with E-state index >= 15 is 0 Å². The van der Waals surface area contributed by atoms with E-state index in [1.807, 2.05) is 41.3 Å². The molecule has 1 fully saturated rings. The van der Waals surface area contributed by atoms with Crippen LogP contribution in [0.25, 0.3) is 0 Å². The Balaban J connectivity index is 1.47. The van der Waals surface area contributed by atoms with Crippen molar-refractivity contribution in [2.75, 3.05) is 39.3 Å². The Hall–Kier alpha value is -2.95. The summed E-state index contributed by atoms with van der Waals surface area (Å²) in [5.41, 5.74) is 3.48. The van der Waals surface area contributed by atoms with Gasteiger partial charge in [-0.3, -0.25) is 19.8 Å². The predicted octanol–water partition coefficient (Wildman–Crippen LogP) is 5.98. The maximum absolute atomic E-state index is 13.6. The van der Waals surface area contributed by atoms with Gasteiger partial charge >= 0.3 is 6.18 Å². The molecular weight excluding hydrogens is 555 g/mol. The third kappa shape index (κ3) is 9.02. The summed E-state index contributed by atoms with van der Waals surface area (Å²) < 4.78 is 46.8. The van der Waals surface area contributed by atoms with Crippen LogP contribution in [0, 0.1) is 0 Å². The normalized spacial score (nSPS) is 16.0. The molecule has 220 valence electrons. The van der Waals surface area contributed by atoms with Crippen LogP contribution in [0.5, 0.6) is 0 Å². The standard InChI is InChI=1S/C31H35ClF3N3O3/c32-30-25(13-7-14-28(30)31(33,34)35)19-37(16-8-18-41-26-15-17-38(20-26)22-29(39)36-40)21-27(23-9-3-1-4-10-23)24-11-5-2-6-12-24/h1-7,9-14,26-27,40H,8,15-22H2,(H,36,39). The number of nitrogens with zero attached hydrogens (tertiary/aromatic N) is 2. The summed E-state index contributed by atoms with van der Waals surface area (Å²) in [6.45, 7) is 3.31. The maximum atomic E-state index is 13.6. The molecule has 1 unspecified atom stereocenters. The number of carbonyl (C=O) groups is 1. The summed E-state index contributed by atoms with van der Waals surface area (Å²) >= 11 is 6.30. The number of alkyl halides is 3. The fraction of sp³-hybridized carbons (Fsp3) is 0.387. The monoisotopic (exact) mass is 589 g/mol. The highest BCUT2D eigenvalue weighted by Gasteiger charge is 2.34. The van der Waals surface area contributed by atoms with E-state index in [1.165, 1.54) is 6.07 Å². The lowest BCUT2D eigenvalue weighted by atomic mass is 9.90. The molecule has 1 amide bonds. The second kappa shape index (κ2) is 14.8. The summed E-state index contributed by atoms with van der Waals surface area (Å²) in [5.74, 6) is -0.454. The lowest BCUT2D eigenvalue weighted by molar-refractivity contribution is -0.137. The van der Waals surface area contributed by atoms with E-state index in [1.54, 1.807) is 11.5 Å². The zero-order valence-corrected chi connectivity index (χ0v) is 23.5. The maximum Gasteiger partial charge on any atom is 0.417 e. The van der Waals surface area contributed by atoms with Gasteiger partial charge in [0.1, 0.15) is 0 Å². The van der Waals surface area contributed by atoms with Crippen LogP contribution in [0.15, 0.2) is 78.9 Å². The molecular formula is C31H35ClF3N3O3. The van der Waals surface area contributed by atoms with Crippen LogP contribution < -0.4 is 5.48 Å². The van der Waals surface area contributed by atoms with E-state index in [0.717, 1.165) is 23.6 Å². The number of amides is 1. The van der Waals surface area contributed by atoms with Crippen molar-refractivity contribution in [1.29, 1.82) is 0 Å². The molecule has 0 radical (unpaired) electrons. The van der Waals surface area contributed by atoms with Crippen LogP contribution in [-0.2, 0) is 22.3 Å². The molecule has 0 aromatic heterocycles. The van der Waals surface area contributed by atoms with Crippen LogP contribution in [0.3, 0.4) is 0 Å². The van der Waals surface area contributed by atoms with Crippen molar-refractivity contribution in [2.45, 2.75) is 37.6 Å². The Labute approximate surface area is 243 Å². The van der Waals surface area contributed by atoms with Crippen LogP contribution >= 0.6 is 11.6 Å². The molecule has 1 aliphatic rings. The number of hydrogen-bond donors (Lipinski definition) is 2. The molecule has 1 aliphatic heterocycles. The average Bonchev–Trinajstić information content (AvgIpc) is 3.41. The molecule has 3 aromatic rings. The molecule has 10 heteroatoms. The molecule has 1 saturated heterocycles. The van der Waals surface area contributed by atoms with Crippen LogP contribution in [-0.4, -0.2) is 66.3 Å². The highest BCUT2D eigenvalue weighted by atomic mass is 35.5. The van der Waals surface area contributed by atoms with E-state index in [2.05, 4.69) is 29.2 Å². The van der Waals surface area contributed by atoms with E-state index in [9.17, 15) is 18.0 Å². The van der Waals surface area contributed by atoms with Gasteiger partial charge in [-0.1, -0.05) is 84.4 Å². The summed E-state index contributed by atoms with van der Waals surface area (Å²) in [7, 11) is 0. The van der Waals surface area contributed by atoms with Crippen molar-refractivity contribution in [2.24, 2.45) is 0 Å². The average molecular weight is 590 g/mol. The molecule has 1 atom stereocenters. The first kappa shape index (κ1) is 31.0. The van der Waals surface area contributed by atoms with Crippen LogP contribution in [0.1, 0.15) is 41.0 Å². The Bertz CT molecular complexity index is 1210. The van der Waals surface area contributed by atoms with Gasteiger partial charge in [0, 0.05) is 45.2 Å². The molecule has 0 bridgehead atoms. The van der Waals surface area contributed by atoms with E-state index < -0.39 is 17.6 Å². The minimum Gasteiger partial charge on any atom is -0.377 e. The molecule has 0 saturated carbocycles. The molecule has 0 aliphatic carbocycles. The second-order valence-corrected chi connectivity index (χ2v) is 10.7. The second-order valence-electron chi connectivity index (χ2n) is 10.3. The number of carbonyl (C=O) groups excluding carboxylic acids is 1. The van der Waals surface area contributed by atoms with Crippen molar-refractivity contribution >= 4 is 17.5 Å². The molecule has 6 nitrogen and oxygen atoms in total. The number of halogens is 4. The van der Waals surface area contributed by atoms with Crippen molar-refractivity contribution in [3.63, 3.8) is 0 Å². The lowest BCUT2D eigenvalue weighted by Gasteiger charge is -2.29. The molecule has 41 heavy (non-hydrogen) atoms. The van der Waals surface area contributed by atoms with Crippen LogP contribution in [0.2, 0.25) is 5.02 Å². The highest BCUT2D eigenvalue weighted by molar-refractivity contribution is 6.32. The van der Waals surface area contributed by atoms with Gasteiger partial charge in [0.25, 0.3) is 5.91 Å². The van der Waals surface area contributed by atoms with Gasteiger partial charge in [-0.2, -0.15) is 13.2 Å². The topological polar surface area (TPSA) is 65.0 Å². The van der Waals surface area contributed by atoms with Crippen LogP contribution in [0.4, 0.5) is 13.2 Å². The minimum absolute atomic E-state index is 0.00366. The largest absolute Gasteiger partial charge is 0.417 e. The Morgan fingerprint density at radius 1 is 1.05 bits per heavy atom. The Morgan fingerprint density at radius 3 is 2.32 bits per heavy atom. The Morgan fingerprint density at radius 2 is 1.71 bits per heavy atom. The first-order chi connectivity index (χ1) is 19.7. The minimum atomic E-state index is -4.53. The van der Waals surface area contributed by atoms with Crippen molar-refractivity contribution in [1.82, 2.24) is 15.3 Å². The zero-order valence-electron chi connectivity index (χ0n) is 22.7. The molecule has 3 aromatic carbocycles. The third-order valence-electron chi connectivity index (χ3n) is 7.32. The van der Waals surface area contributed by atoms with E-state index in [0.29, 0.717) is 44.8 Å². The summed E-state index contributed by atoms with van der Waals surface area (Å²) in [5, 5.41) is 8.48. The zero-order chi connectivity index (χ0) is 29.2. The van der Waals surface area contributed by atoms with Gasteiger partial charge in [0.05, 0.1) is 23.2 Å². The van der Waals surface area contributed by atoms with Crippen molar-refractivity contribution < 1.29 is 27.9 Å². The number of hydrogen-bond acceptors (Lipinski definition) is 5. The van der Waals surface area contributed by atoms with Crippen molar-refractivity contribution in [3.8, 4) is 0 Å². The number of hydroxylamine groups is 1. The predicted molar refractivity (Wildman–Crippen MR) is 152 cm³/mol. The Kier molecular flexibility index (Phi) is 11.2. The van der Waals surface area contributed by atoms with Gasteiger partial charge in [0.2, 0.25) is 0 Å². The molecule has 0 spiro atoms. The van der Waals surface area contributed by atoms with E-state index in [4.69, 9.17) is 21.5 Å². The summed E-state index contributed by atoms with van der Waals surface area (Å²) in [4.78, 5) is 15.5. The molecule has 1 heterocycles. The first-order valence-electron chi connectivity index (χ1n) is 13.7. The van der Waals surface area contributed by atoms with Gasteiger partial charge in [-0.05, 0) is 35.6 Å². The number of likely N-dealkylation sites (tertiary alicyclic amines) is 1.